The fourth-order valence-electron chi connectivity index (χ4n) is 4.54. The maximum Gasteiger partial charge on any atom is 0.338 e. The monoisotopic (exact) mass is 606 g/mol. The first kappa shape index (κ1) is 28.9. The lowest BCUT2D eigenvalue weighted by atomic mass is 9.96. The van der Waals surface area contributed by atoms with Crippen molar-refractivity contribution in [3.8, 4) is 5.75 Å². The van der Waals surface area contributed by atoms with Gasteiger partial charge in [-0.2, -0.15) is 0 Å². The number of carbonyl (C=O) groups is 1. The van der Waals surface area contributed by atoms with Gasteiger partial charge < -0.3 is 9.47 Å². The van der Waals surface area contributed by atoms with Gasteiger partial charge in [0.2, 0.25) is 0 Å². The van der Waals surface area contributed by atoms with Crippen molar-refractivity contribution in [3.63, 3.8) is 0 Å². The van der Waals surface area contributed by atoms with E-state index in [0.717, 1.165) is 29.7 Å². The number of fused-ring (bicyclic) bond motifs is 1. The topological polar surface area (TPSA) is 69.9 Å². The van der Waals surface area contributed by atoms with Crippen LogP contribution in [0.3, 0.4) is 0 Å². The van der Waals surface area contributed by atoms with Crippen molar-refractivity contribution in [1.82, 2.24) is 4.57 Å². The molecule has 6 nitrogen and oxygen atoms in total. The minimum absolute atomic E-state index is 0.104. The first-order valence-corrected chi connectivity index (χ1v) is 14.8. The molecule has 0 saturated heterocycles. The molecule has 0 amide bonds. The van der Waals surface area contributed by atoms with Crippen molar-refractivity contribution >= 4 is 46.6 Å². The second-order valence-corrected chi connectivity index (χ2v) is 11.4. The van der Waals surface area contributed by atoms with Crippen LogP contribution >= 0.6 is 34.5 Å². The molecule has 0 spiro atoms. The number of carbonyl (C=O) groups excluding carboxylic acids is 1. The number of rotatable bonds is 9. The van der Waals surface area contributed by atoms with Gasteiger partial charge in [-0.3, -0.25) is 9.36 Å². The first-order valence-electron chi connectivity index (χ1n) is 13.3. The molecule has 1 unspecified atom stereocenters. The van der Waals surface area contributed by atoms with Crippen LogP contribution in [-0.4, -0.2) is 17.1 Å². The summed E-state index contributed by atoms with van der Waals surface area (Å²) < 4.78 is 13.6. The second-order valence-electron chi connectivity index (χ2n) is 9.58. The largest absolute Gasteiger partial charge is 0.494 e. The lowest BCUT2D eigenvalue weighted by molar-refractivity contribution is -0.140. The van der Waals surface area contributed by atoms with E-state index in [0.29, 0.717) is 42.8 Å². The summed E-state index contributed by atoms with van der Waals surface area (Å²) in [7, 11) is 0. The Hall–Kier alpha value is -3.65. The number of benzene rings is 3. The highest BCUT2D eigenvalue weighted by molar-refractivity contribution is 7.07. The lowest BCUT2D eigenvalue weighted by Crippen LogP contribution is -2.39. The van der Waals surface area contributed by atoms with E-state index < -0.39 is 12.0 Å². The predicted octanol–water partition coefficient (Wildman–Crippen LogP) is 6.46. The molecular formula is C32H28Cl2N2O4S. The number of esters is 1. The number of hydrogen-bond acceptors (Lipinski definition) is 6. The molecule has 0 fully saturated rings. The summed E-state index contributed by atoms with van der Waals surface area (Å²) in [6.45, 7) is 4.60. The zero-order valence-electron chi connectivity index (χ0n) is 22.6. The Morgan fingerprint density at radius 3 is 2.54 bits per heavy atom. The van der Waals surface area contributed by atoms with Crippen LogP contribution in [0, 0.1) is 0 Å². The van der Waals surface area contributed by atoms with Gasteiger partial charge in [0.15, 0.2) is 4.80 Å². The summed E-state index contributed by atoms with van der Waals surface area (Å²) in [6, 6.07) is 21.3. The fourth-order valence-corrected chi connectivity index (χ4v) is 6.04. The maximum atomic E-state index is 13.9. The highest BCUT2D eigenvalue weighted by Crippen LogP contribution is 2.32. The fraction of sp³-hybridized carbons (Fsp3) is 0.219. The third-order valence-electron chi connectivity index (χ3n) is 6.67. The average Bonchev–Trinajstić information content (AvgIpc) is 3.27. The van der Waals surface area contributed by atoms with Crippen LogP contribution in [0.5, 0.6) is 5.75 Å². The number of ether oxygens (including phenoxy) is 2. The van der Waals surface area contributed by atoms with Crippen molar-refractivity contribution in [2.75, 3.05) is 6.61 Å². The Bertz CT molecular complexity index is 1780. The van der Waals surface area contributed by atoms with Gasteiger partial charge in [0.1, 0.15) is 12.4 Å². The average molecular weight is 608 g/mol. The molecule has 4 aromatic rings. The third kappa shape index (κ3) is 6.48. The van der Waals surface area contributed by atoms with Crippen molar-refractivity contribution in [1.29, 1.82) is 0 Å². The zero-order chi connectivity index (χ0) is 28.9. The van der Waals surface area contributed by atoms with E-state index >= 15 is 0 Å². The molecule has 0 radical (unpaired) electrons. The summed E-state index contributed by atoms with van der Waals surface area (Å²) in [5.41, 5.74) is 2.78. The number of nitrogens with zero attached hydrogens (tertiary/aromatic N) is 2. The van der Waals surface area contributed by atoms with Gasteiger partial charge in [-0.25, -0.2) is 9.79 Å². The summed E-state index contributed by atoms with van der Waals surface area (Å²) in [5.74, 6) is 0.194. The second kappa shape index (κ2) is 12.9. The Morgan fingerprint density at radius 2 is 1.83 bits per heavy atom. The molecule has 1 atom stereocenters. The molecule has 0 saturated carbocycles. The number of unbranched alkanes of at least 4 members (excludes halogenated alkanes) is 1. The Kier molecular flexibility index (Phi) is 9.08. The van der Waals surface area contributed by atoms with Crippen LogP contribution in [0.4, 0.5) is 0 Å². The molecule has 9 heteroatoms. The van der Waals surface area contributed by atoms with E-state index in [9.17, 15) is 9.59 Å². The van der Waals surface area contributed by atoms with Crippen molar-refractivity contribution in [2.24, 2.45) is 4.99 Å². The zero-order valence-corrected chi connectivity index (χ0v) is 24.9. The molecule has 1 aliphatic rings. The Labute approximate surface area is 251 Å². The molecule has 0 N–H and O–H groups in total. The van der Waals surface area contributed by atoms with Gasteiger partial charge in [0.25, 0.3) is 5.56 Å². The normalized spacial score (nSPS) is 14.9. The van der Waals surface area contributed by atoms with Crippen molar-refractivity contribution in [2.45, 2.75) is 39.3 Å². The summed E-state index contributed by atoms with van der Waals surface area (Å²) >= 11 is 13.7. The Balaban J connectivity index is 1.58. The summed E-state index contributed by atoms with van der Waals surface area (Å²) in [6.07, 6.45) is 3.71. The SMILES string of the molecule is CCCCOc1ccc(C2C(C(=O)OCc3ccccc3)=C(C)N=c3sc(=Cc4ccc(Cl)cc4Cl)c(=O)n32)cc1. The molecule has 210 valence electrons. The van der Waals surface area contributed by atoms with Crippen LogP contribution in [0.1, 0.15) is 49.4 Å². The summed E-state index contributed by atoms with van der Waals surface area (Å²) in [4.78, 5) is 32.6. The molecular weight excluding hydrogens is 579 g/mol. The predicted molar refractivity (Wildman–Crippen MR) is 163 cm³/mol. The Morgan fingerprint density at radius 1 is 1.07 bits per heavy atom. The summed E-state index contributed by atoms with van der Waals surface area (Å²) in [5, 5.41) is 0.935. The van der Waals surface area contributed by atoms with E-state index in [2.05, 4.69) is 11.9 Å². The minimum atomic E-state index is -0.734. The number of allylic oxidation sites excluding steroid dienone is 1. The molecule has 0 bridgehead atoms. The number of aromatic nitrogens is 1. The molecule has 5 rings (SSSR count). The number of thiazole rings is 1. The van der Waals surface area contributed by atoms with E-state index in [1.807, 2.05) is 54.6 Å². The molecule has 3 aromatic carbocycles. The van der Waals surface area contributed by atoms with Gasteiger partial charge in [0.05, 0.1) is 28.5 Å². The van der Waals surface area contributed by atoms with E-state index in [-0.39, 0.29) is 12.2 Å². The van der Waals surface area contributed by atoms with Gasteiger partial charge in [-0.05, 0) is 60.4 Å². The highest BCUT2D eigenvalue weighted by Gasteiger charge is 2.33. The lowest BCUT2D eigenvalue weighted by Gasteiger charge is -2.25. The van der Waals surface area contributed by atoms with Crippen LogP contribution in [0.2, 0.25) is 10.0 Å². The molecule has 1 aliphatic heterocycles. The maximum absolute atomic E-state index is 13.9. The van der Waals surface area contributed by atoms with Gasteiger partial charge >= 0.3 is 5.97 Å². The molecule has 1 aromatic heterocycles. The minimum Gasteiger partial charge on any atom is -0.494 e. The number of halogens is 2. The van der Waals surface area contributed by atoms with E-state index in [1.54, 1.807) is 35.8 Å². The van der Waals surface area contributed by atoms with Gasteiger partial charge in [0, 0.05) is 10.0 Å². The van der Waals surface area contributed by atoms with E-state index in [4.69, 9.17) is 32.7 Å². The smallest absolute Gasteiger partial charge is 0.338 e. The van der Waals surface area contributed by atoms with Crippen LogP contribution in [0.15, 0.2) is 93.9 Å². The number of hydrogen-bond donors (Lipinski definition) is 0. The molecule has 0 aliphatic carbocycles. The quantitative estimate of drug-likeness (QED) is 0.162. The van der Waals surface area contributed by atoms with Crippen molar-refractivity contribution in [3.05, 3.63) is 130 Å². The molecule has 41 heavy (non-hydrogen) atoms. The standard InChI is InChI=1S/C32H28Cl2N2O4S/c1-3-4-16-39-25-14-11-22(12-15-25)29-28(31(38)40-19-21-8-6-5-7-9-21)20(2)35-32-36(29)30(37)27(41-32)17-23-10-13-24(33)18-26(23)34/h5-15,17-18,29H,3-4,16,19H2,1-2H3. The van der Waals surface area contributed by atoms with Crippen molar-refractivity contribution < 1.29 is 14.3 Å². The van der Waals surface area contributed by atoms with Crippen LogP contribution in [-0.2, 0) is 16.1 Å². The van der Waals surface area contributed by atoms with E-state index in [1.165, 1.54) is 11.3 Å². The first-order chi connectivity index (χ1) is 19.9. The van der Waals surface area contributed by atoms with Gasteiger partial charge in [-0.1, -0.05) is 96.4 Å². The van der Waals surface area contributed by atoms with Crippen LogP contribution < -0.4 is 19.6 Å². The third-order valence-corrected chi connectivity index (χ3v) is 8.21. The van der Waals surface area contributed by atoms with Gasteiger partial charge in [-0.15, -0.1) is 0 Å². The van der Waals surface area contributed by atoms with Crippen LogP contribution in [0.25, 0.3) is 6.08 Å². The molecule has 2 heterocycles. The highest BCUT2D eigenvalue weighted by atomic mass is 35.5.